The minimum atomic E-state index is -0.743. The van der Waals surface area contributed by atoms with Crippen LogP contribution in [0.2, 0.25) is 0 Å². The SMILES string of the molecule is CC1CCC([C@H](NC(=O)OCc2ccccc2)C(=O)Nc2ccc3c(c2)N(C(=O)OC(C)(C)C)CC32CCOCC2)CC1. The zero-order valence-corrected chi connectivity index (χ0v) is 25.8. The highest BCUT2D eigenvalue weighted by Crippen LogP contribution is 2.48. The largest absolute Gasteiger partial charge is 0.445 e. The highest BCUT2D eigenvalue weighted by Gasteiger charge is 2.47. The molecule has 2 aromatic carbocycles. The summed E-state index contributed by atoms with van der Waals surface area (Å²) in [7, 11) is 0. The van der Waals surface area contributed by atoms with Crippen LogP contribution in [0.25, 0.3) is 0 Å². The van der Waals surface area contributed by atoms with E-state index in [0.717, 1.165) is 55.3 Å². The number of rotatable bonds is 6. The molecule has 43 heavy (non-hydrogen) atoms. The third-order valence-corrected chi connectivity index (χ3v) is 8.95. The Morgan fingerprint density at radius 1 is 1.02 bits per heavy atom. The van der Waals surface area contributed by atoms with E-state index in [1.165, 1.54) is 0 Å². The molecule has 0 unspecified atom stereocenters. The summed E-state index contributed by atoms with van der Waals surface area (Å²) in [4.78, 5) is 41.7. The molecule has 9 heteroatoms. The minimum absolute atomic E-state index is 0.00123. The van der Waals surface area contributed by atoms with E-state index in [9.17, 15) is 14.4 Å². The summed E-state index contributed by atoms with van der Waals surface area (Å²) < 4.78 is 16.9. The smallest absolute Gasteiger partial charge is 0.414 e. The van der Waals surface area contributed by atoms with Crippen molar-refractivity contribution in [2.24, 2.45) is 11.8 Å². The van der Waals surface area contributed by atoms with E-state index in [4.69, 9.17) is 14.2 Å². The van der Waals surface area contributed by atoms with Crippen LogP contribution < -0.4 is 15.5 Å². The van der Waals surface area contributed by atoms with Crippen LogP contribution in [0.4, 0.5) is 21.0 Å². The summed E-state index contributed by atoms with van der Waals surface area (Å²) in [5.41, 5.74) is 2.40. The van der Waals surface area contributed by atoms with Gasteiger partial charge >= 0.3 is 12.2 Å². The molecule has 2 heterocycles. The lowest BCUT2D eigenvalue weighted by atomic mass is 9.76. The number of anilines is 2. The summed E-state index contributed by atoms with van der Waals surface area (Å²) in [5, 5.41) is 5.92. The van der Waals surface area contributed by atoms with Crippen LogP contribution in [-0.2, 0) is 31.0 Å². The Balaban J connectivity index is 1.35. The van der Waals surface area contributed by atoms with Gasteiger partial charge in [-0.25, -0.2) is 9.59 Å². The lowest BCUT2D eigenvalue weighted by Crippen LogP contribution is -2.49. The van der Waals surface area contributed by atoms with Crippen molar-refractivity contribution >= 4 is 29.5 Å². The molecule has 3 amide bonds. The molecule has 9 nitrogen and oxygen atoms in total. The number of hydrogen-bond acceptors (Lipinski definition) is 6. The Hall–Kier alpha value is -3.59. The van der Waals surface area contributed by atoms with Crippen LogP contribution in [-0.4, -0.2) is 49.5 Å². The summed E-state index contributed by atoms with van der Waals surface area (Å²) >= 11 is 0. The average molecular weight is 592 g/mol. The van der Waals surface area contributed by atoms with E-state index in [1.54, 1.807) is 4.90 Å². The van der Waals surface area contributed by atoms with Crippen molar-refractivity contribution in [2.45, 2.75) is 89.9 Å². The van der Waals surface area contributed by atoms with Gasteiger partial charge in [-0.3, -0.25) is 9.69 Å². The predicted molar refractivity (Wildman–Crippen MR) is 165 cm³/mol. The lowest BCUT2D eigenvalue weighted by molar-refractivity contribution is -0.119. The fourth-order valence-corrected chi connectivity index (χ4v) is 6.55. The molecule has 2 N–H and O–H groups in total. The molecule has 1 atom stereocenters. The van der Waals surface area contributed by atoms with Crippen molar-refractivity contribution in [1.29, 1.82) is 0 Å². The van der Waals surface area contributed by atoms with Gasteiger partial charge < -0.3 is 24.8 Å². The number of carbonyl (C=O) groups is 3. The third-order valence-electron chi connectivity index (χ3n) is 8.95. The predicted octanol–water partition coefficient (Wildman–Crippen LogP) is 6.55. The van der Waals surface area contributed by atoms with E-state index in [1.807, 2.05) is 69.3 Å². The molecule has 2 aliphatic heterocycles. The van der Waals surface area contributed by atoms with E-state index in [-0.39, 0.29) is 23.8 Å². The number of benzene rings is 2. The van der Waals surface area contributed by atoms with Crippen molar-refractivity contribution < 1.29 is 28.6 Å². The molecule has 1 saturated carbocycles. The van der Waals surface area contributed by atoms with Gasteiger partial charge in [0.05, 0.1) is 5.69 Å². The zero-order valence-electron chi connectivity index (χ0n) is 25.8. The molecule has 3 aliphatic rings. The first-order chi connectivity index (χ1) is 20.5. The van der Waals surface area contributed by atoms with E-state index in [0.29, 0.717) is 31.4 Å². The molecule has 2 fully saturated rings. The van der Waals surface area contributed by atoms with Gasteiger partial charge in [-0.2, -0.15) is 0 Å². The molecule has 0 radical (unpaired) electrons. The normalized spacial score (nSPS) is 21.9. The molecule has 5 rings (SSSR count). The van der Waals surface area contributed by atoms with Gasteiger partial charge in [0.25, 0.3) is 0 Å². The summed E-state index contributed by atoms with van der Waals surface area (Å²) in [6.45, 7) is 9.68. The molecular formula is C34H45N3O6. The molecule has 2 aromatic rings. The van der Waals surface area contributed by atoms with Crippen LogP contribution in [0.1, 0.15) is 77.3 Å². The number of nitrogens with one attached hydrogen (secondary N) is 2. The highest BCUT2D eigenvalue weighted by atomic mass is 16.6. The first-order valence-electron chi connectivity index (χ1n) is 15.5. The number of alkyl carbamates (subject to hydrolysis) is 1. The van der Waals surface area contributed by atoms with Crippen molar-refractivity contribution in [2.75, 3.05) is 30.0 Å². The fourth-order valence-electron chi connectivity index (χ4n) is 6.55. The summed E-state index contributed by atoms with van der Waals surface area (Å²) in [5.74, 6) is 0.301. The molecule has 0 aromatic heterocycles. The van der Waals surface area contributed by atoms with Gasteiger partial charge in [0, 0.05) is 30.9 Å². The topological polar surface area (TPSA) is 106 Å². The van der Waals surface area contributed by atoms with Crippen molar-refractivity contribution in [3.63, 3.8) is 0 Å². The van der Waals surface area contributed by atoms with Crippen molar-refractivity contribution in [3.05, 3.63) is 59.7 Å². The van der Waals surface area contributed by atoms with Crippen LogP contribution in [0.15, 0.2) is 48.5 Å². The number of ether oxygens (including phenoxy) is 3. The fraction of sp³-hybridized carbons (Fsp3) is 0.559. The first-order valence-corrected chi connectivity index (χ1v) is 15.5. The van der Waals surface area contributed by atoms with Gasteiger partial charge in [-0.1, -0.05) is 56.2 Å². The van der Waals surface area contributed by atoms with Gasteiger partial charge in [-0.15, -0.1) is 0 Å². The molecular weight excluding hydrogens is 546 g/mol. The quantitative estimate of drug-likeness (QED) is 0.395. The van der Waals surface area contributed by atoms with Crippen LogP contribution in [0.3, 0.4) is 0 Å². The second kappa shape index (κ2) is 13.0. The summed E-state index contributed by atoms with van der Waals surface area (Å²) in [6.07, 6.45) is 4.30. The number of nitrogens with zero attached hydrogens (tertiary/aromatic N) is 1. The Kier molecular flexibility index (Phi) is 9.30. The third kappa shape index (κ3) is 7.50. The van der Waals surface area contributed by atoms with Crippen LogP contribution >= 0.6 is 0 Å². The van der Waals surface area contributed by atoms with E-state index >= 15 is 0 Å². The molecule has 0 bridgehead atoms. The molecule has 232 valence electrons. The minimum Gasteiger partial charge on any atom is -0.445 e. The maximum Gasteiger partial charge on any atom is 0.414 e. The standard InChI is InChI=1S/C34H45N3O6/c1-23-10-12-25(13-11-23)29(36-31(39)42-21-24-8-6-5-7-9-24)30(38)35-26-14-15-27-28(20-26)37(32(40)43-33(2,3)4)22-34(27)16-18-41-19-17-34/h5-9,14-15,20,23,25,29H,10-13,16-19,21-22H2,1-4H3,(H,35,38)(H,36,39)/t23?,25?,29-/m0/s1. The Bertz CT molecular complexity index is 1290. The van der Waals surface area contributed by atoms with E-state index < -0.39 is 23.8 Å². The Morgan fingerprint density at radius 3 is 2.40 bits per heavy atom. The molecule has 1 spiro atoms. The molecule has 1 aliphatic carbocycles. The van der Waals surface area contributed by atoms with Gasteiger partial charge in [0.15, 0.2) is 0 Å². The molecule has 1 saturated heterocycles. The Labute approximate surface area is 254 Å². The van der Waals surface area contributed by atoms with Crippen molar-refractivity contribution in [3.8, 4) is 0 Å². The van der Waals surface area contributed by atoms with Gasteiger partial charge in [0.1, 0.15) is 18.2 Å². The van der Waals surface area contributed by atoms with Crippen molar-refractivity contribution in [1.82, 2.24) is 5.32 Å². The second-order valence-electron chi connectivity index (χ2n) is 13.4. The zero-order chi connectivity index (χ0) is 30.6. The monoisotopic (exact) mass is 591 g/mol. The Morgan fingerprint density at radius 2 is 1.72 bits per heavy atom. The van der Waals surface area contributed by atoms with E-state index in [2.05, 4.69) is 17.6 Å². The maximum absolute atomic E-state index is 13.8. The maximum atomic E-state index is 13.8. The lowest BCUT2D eigenvalue weighted by Gasteiger charge is -2.34. The number of hydrogen-bond donors (Lipinski definition) is 2. The van der Waals surface area contributed by atoms with Crippen LogP contribution in [0.5, 0.6) is 0 Å². The average Bonchev–Trinajstić information content (AvgIpc) is 3.28. The second-order valence-corrected chi connectivity index (χ2v) is 13.4. The van der Waals surface area contributed by atoms with Gasteiger partial charge in [0.2, 0.25) is 5.91 Å². The highest BCUT2D eigenvalue weighted by molar-refractivity contribution is 5.99. The summed E-state index contributed by atoms with van der Waals surface area (Å²) in [6, 6.07) is 14.5. The van der Waals surface area contributed by atoms with Gasteiger partial charge in [-0.05, 0) is 81.5 Å². The first kappa shape index (κ1) is 30.9. The number of carbonyl (C=O) groups excluding carboxylic acids is 3. The van der Waals surface area contributed by atoms with Crippen LogP contribution in [0, 0.1) is 11.8 Å². The number of fused-ring (bicyclic) bond motifs is 2. The number of amides is 3.